The molecule has 0 unspecified atom stereocenters. The Kier molecular flexibility index (Phi) is 4.97. The van der Waals surface area contributed by atoms with E-state index in [0.717, 1.165) is 0 Å². The number of hydrogen-bond acceptors (Lipinski definition) is 3. The number of nitrogens with one attached hydrogen (secondary N) is 2. The molecule has 2 rings (SSSR count). The lowest BCUT2D eigenvalue weighted by molar-refractivity contribution is 0.596. The number of sulfonamides is 1. The van der Waals surface area contributed by atoms with E-state index in [-0.39, 0.29) is 10.6 Å². The molecule has 0 fully saturated rings. The van der Waals surface area contributed by atoms with Gasteiger partial charge in [0.05, 0.1) is 10.6 Å². The zero-order chi connectivity index (χ0) is 15.5. The molecule has 0 amide bonds. The minimum absolute atomic E-state index is 0.100. The Morgan fingerprint density at radius 1 is 1.14 bits per heavy atom. The summed E-state index contributed by atoms with van der Waals surface area (Å²) in [7, 11) is -2.14. The number of hydrogen-bond donors (Lipinski definition) is 2. The zero-order valence-electron chi connectivity index (χ0n) is 11.2. The number of rotatable bonds is 5. The fourth-order valence-corrected chi connectivity index (χ4v) is 3.79. The van der Waals surface area contributed by atoms with Crippen LogP contribution in [0.15, 0.2) is 51.8 Å². The quantitative estimate of drug-likeness (QED) is 0.847. The highest BCUT2D eigenvalue weighted by Gasteiger charge is 2.20. The zero-order valence-corrected chi connectivity index (χ0v) is 13.6. The van der Waals surface area contributed by atoms with Crippen molar-refractivity contribution in [3.05, 3.63) is 58.3 Å². The van der Waals surface area contributed by atoms with Crippen LogP contribution in [0.3, 0.4) is 0 Å². The van der Waals surface area contributed by atoms with E-state index < -0.39 is 15.8 Å². The molecule has 0 aliphatic rings. The summed E-state index contributed by atoms with van der Waals surface area (Å²) in [6.07, 6.45) is 0. The van der Waals surface area contributed by atoms with Crippen LogP contribution in [0.25, 0.3) is 0 Å². The van der Waals surface area contributed by atoms with Gasteiger partial charge in [-0.2, -0.15) is 0 Å². The van der Waals surface area contributed by atoms with Crippen molar-refractivity contribution in [1.82, 2.24) is 5.32 Å². The molecule has 0 saturated carbocycles. The van der Waals surface area contributed by atoms with E-state index in [1.807, 2.05) is 0 Å². The van der Waals surface area contributed by atoms with Crippen LogP contribution in [0.1, 0.15) is 5.56 Å². The topological polar surface area (TPSA) is 58.2 Å². The first-order valence-electron chi connectivity index (χ1n) is 6.15. The Balaban J connectivity index is 2.44. The lowest BCUT2D eigenvalue weighted by Gasteiger charge is -2.13. The molecule has 2 N–H and O–H groups in total. The van der Waals surface area contributed by atoms with E-state index in [9.17, 15) is 12.8 Å². The van der Waals surface area contributed by atoms with Crippen molar-refractivity contribution in [1.29, 1.82) is 0 Å². The van der Waals surface area contributed by atoms with Crippen molar-refractivity contribution in [3.8, 4) is 0 Å². The van der Waals surface area contributed by atoms with Gasteiger partial charge in [0, 0.05) is 11.0 Å². The Morgan fingerprint density at radius 3 is 2.52 bits per heavy atom. The fraction of sp³-hybridized carbons (Fsp3) is 0.143. The molecule has 21 heavy (non-hydrogen) atoms. The molecule has 0 aromatic heterocycles. The summed E-state index contributed by atoms with van der Waals surface area (Å²) >= 11 is 3.14. The molecule has 0 atom stereocenters. The van der Waals surface area contributed by atoms with E-state index in [1.54, 1.807) is 31.3 Å². The van der Waals surface area contributed by atoms with Crippen LogP contribution in [-0.4, -0.2) is 15.5 Å². The van der Waals surface area contributed by atoms with Crippen LogP contribution < -0.4 is 10.0 Å². The highest BCUT2D eigenvalue weighted by atomic mass is 79.9. The fourth-order valence-electron chi connectivity index (χ4n) is 1.89. The predicted molar refractivity (Wildman–Crippen MR) is 84.1 cm³/mol. The number of para-hydroxylation sites is 1. The number of benzene rings is 2. The van der Waals surface area contributed by atoms with Gasteiger partial charge in [0.15, 0.2) is 0 Å². The van der Waals surface area contributed by atoms with Crippen LogP contribution in [0.2, 0.25) is 0 Å². The summed E-state index contributed by atoms with van der Waals surface area (Å²) in [6.45, 7) is 0.398. The molecule has 0 aliphatic carbocycles. The third-order valence-electron chi connectivity index (χ3n) is 2.83. The average molecular weight is 373 g/mol. The maximum absolute atomic E-state index is 13.8. The maximum atomic E-state index is 13.8. The first kappa shape index (κ1) is 15.9. The summed E-state index contributed by atoms with van der Waals surface area (Å²) in [5, 5.41) is 2.91. The van der Waals surface area contributed by atoms with E-state index in [4.69, 9.17) is 0 Å². The molecule has 0 heterocycles. The molecule has 2 aromatic rings. The van der Waals surface area contributed by atoms with Crippen molar-refractivity contribution in [2.45, 2.75) is 11.4 Å². The Bertz CT molecular complexity index is 730. The van der Waals surface area contributed by atoms with E-state index in [1.165, 1.54) is 18.2 Å². The van der Waals surface area contributed by atoms with E-state index in [2.05, 4.69) is 26.0 Å². The normalized spacial score (nSPS) is 11.4. The van der Waals surface area contributed by atoms with Crippen molar-refractivity contribution < 1.29 is 12.8 Å². The molecule has 0 radical (unpaired) electrons. The van der Waals surface area contributed by atoms with Crippen LogP contribution in [0.5, 0.6) is 0 Å². The summed E-state index contributed by atoms with van der Waals surface area (Å²) in [5.74, 6) is -0.640. The third kappa shape index (κ3) is 3.61. The molecular weight excluding hydrogens is 359 g/mol. The number of anilines is 1. The molecule has 7 heteroatoms. The minimum atomic E-state index is -3.87. The van der Waals surface area contributed by atoms with Gasteiger partial charge in [-0.15, -0.1) is 0 Å². The smallest absolute Gasteiger partial charge is 0.262 e. The van der Waals surface area contributed by atoms with Crippen molar-refractivity contribution >= 4 is 31.6 Å². The maximum Gasteiger partial charge on any atom is 0.262 e. The third-order valence-corrected chi connectivity index (χ3v) is 4.94. The SMILES string of the molecule is CNCc1ccccc1S(=O)(=O)Nc1c(F)cccc1Br. The lowest BCUT2D eigenvalue weighted by Crippen LogP contribution is -2.18. The summed E-state index contributed by atoms with van der Waals surface area (Å²) < 4.78 is 41.4. The van der Waals surface area contributed by atoms with E-state index in [0.29, 0.717) is 16.6 Å². The van der Waals surface area contributed by atoms with Gasteiger partial charge < -0.3 is 5.32 Å². The Morgan fingerprint density at radius 2 is 1.86 bits per heavy atom. The first-order chi connectivity index (χ1) is 9.95. The van der Waals surface area contributed by atoms with Crippen LogP contribution in [-0.2, 0) is 16.6 Å². The molecule has 0 aliphatic heterocycles. The highest BCUT2D eigenvalue weighted by Crippen LogP contribution is 2.28. The molecule has 2 aromatic carbocycles. The second kappa shape index (κ2) is 6.55. The van der Waals surface area contributed by atoms with Crippen molar-refractivity contribution in [2.75, 3.05) is 11.8 Å². The van der Waals surface area contributed by atoms with Gasteiger partial charge >= 0.3 is 0 Å². The van der Waals surface area contributed by atoms with Gasteiger partial charge in [0.2, 0.25) is 0 Å². The van der Waals surface area contributed by atoms with Gasteiger partial charge in [-0.05, 0) is 46.7 Å². The van der Waals surface area contributed by atoms with Gasteiger partial charge in [-0.3, -0.25) is 4.72 Å². The van der Waals surface area contributed by atoms with Crippen LogP contribution in [0, 0.1) is 5.82 Å². The second-order valence-corrected chi connectivity index (χ2v) is 6.85. The lowest BCUT2D eigenvalue weighted by atomic mass is 10.2. The molecular formula is C14H14BrFN2O2S. The molecule has 0 bridgehead atoms. The predicted octanol–water partition coefficient (Wildman–Crippen LogP) is 3.11. The standard InChI is InChI=1S/C14H14BrFN2O2S/c1-17-9-10-5-2-3-8-13(10)21(19,20)18-14-11(15)6-4-7-12(14)16/h2-8,17-18H,9H2,1H3. The summed E-state index contributed by atoms with van der Waals surface area (Å²) in [5.41, 5.74) is 0.511. The van der Waals surface area contributed by atoms with Crippen molar-refractivity contribution in [3.63, 3.8) is 0 Å². The molecule has 4 nitrogen and oxygen atoms in total. The Hall–Kier alpha value is -1.44. The average Bonchev–Trinajstić information content (AvgIpc) is 2.44. The van der Waals surface area contributed by atoms with Gasteiger partial charge in [0.25, 0.3) is 10.0 Å². The minimum Gasteiger partial charge on any atom is -0.316 e. The highest BCUT2D eigenvalue weighted by molar-refractivity contribution is 9.10. The van der Waals surface area contributed by atoms with E-state index >= 15 is 0 Å². The summed E-state index contributed by atoms with van der Waals surface area (Å²) in [6, 6.07) is 10.8. The van der Waals surface area contributed by atoms with Gasteiger partial charge in [-0.1, -0.05) is 24.3 Å². The largest absolute Gasteiger partial charge is 0.316 e. The van der Waals surface area contributed by atoms with Gasteiger partial charge in [-0.25, -0.2) is 12.8 Å². The first-order valence-corrected chi connectivity index (χ1v) is 8.42. The molecule has 0 saturated heterocycles. The Labute approximate surface area is 131 Å². The van der Waals surface area contributed by atoms with Crippen LogP contribution in [0.4, 0.5) is 10.1 Å². The monoisotopic (exact) mass is 372 g/mol. The molecule has 112 valence electrons. The van der Waals surface area contributed by atoms with Crippen LogP contribution >= 0.6 is 15.9 Å². The molecule has 0 spiro atoms. The van der Waals surface area contributed by atoms with Crippen molar-refractivity contribution in [2.24, 2.45) is 0 Å². The second-order valence-electron chi connectivity index (χ2n) is 4.34. The summed E-state index contributed by atoms with van der Waals surface area (Å²) in [4.78, 5) is 0.120. The number of halogens is 2. The van der Waals surface area contributed by atoms with Gasteiger partial charge in [0.1, 0.15) is 5.82 Å².